The van der Waals surface area contributed by atoms with Gasteiger partial charge in [0, 0.05) is 18.7 Å². The van der Waals surface area contributed by atoms with Crippen LogP contribution in [0.5, 0.6) is 5.75 Å². The highest BCUT2D eigenvalue weighted by atomic mass is 16.5. The molecule has 0 radical (unpaired) electrons. The van der Waals surface area contributed by atoms with E-state index in [1.807, 2.05) is 0 Å². The monoisotopic (exact) mass is 477 g/mol. The molecule has 1 aliphatic carbocycles. The Labute approximate surface area is 207 Å². The second-order valence-corrected chi connectivity index (χ2v) is 9.97. The number of para-hydroxylation sites is 2. The molecule has 35 heavy (non-hydrogen) atoms. The number of hydrogen-bond donors (Lipinski definition) is 1. The number of benzene rings is 2. The van der Waals surface area contributed by atoms with Crippen LogP contribution in [0.4, 0.5) is 5.69 Å². The summed E-state index contributed by atoms with van der Waals surface area (Å²) in [5.74, 6) is 0.934. The number of rotatable bonds is 7. The van der Waals surface area contributed by atoms with Crippen molar-refractivity contribution in [3.05, 3.63) is 60.3 Å². The van der Waals surface area contributed by atoms with Gasteiger partial charge in [0.2, 0.25) is 0 Å². The number of aromatic nitrogens is 2. The minimum atomic E-state index is -0.250. The zero-order valence-corrected chi connectivity index (χ0v) is 20.8. The Kier molecular flexibility index (Phi) is 7.76. The highest BCUT2D eigenvalue weighted by molar-refractivity contribution is 5.70. The molecule has 5 rings (SSSR count). The molecule has 7 nitrogen and oxygen atoms in total. The lowest BCUT2D eigenvalue weighted by Crippen LogP contribution is -2.37. The van der Waals surface area contributed by atoms with Gasteiger partial charge in [-0.25, -0.2) is 4.68 Å². The van der Waals surface area contributed by atoms with Crippen LogP contribution >= 0.6 is 0 Å². The van der Waals surface area contributed by atoms with Crippen molar-refractivity contribution in [1.29, 1.82) is 0 Å². The van der Waals surface area contributed by atoms with Crippen LogP contribution < -0.4 is 9.64 Å². The Bertz CT molecular complexity index is 1130. The summed E-state index contributed by atoms with van der Waals surface area (Å²) in [5.41, 5.74) is 5.22. The van der Waals surface area contributed by atoms with Crippen molar-refractivity contribution >= 4 is 12.2 Å². The van der Waals surface area contributed by atoms with Crippen molar-refractivity contribution in [1.82, 2.24) is 9.78 Å². The first kappa shape index (κ1) is 24.8. The van der Waals surface area contributed by atoms with Crippen LogP contribution in [-0.2, 0) is 16.1 Å². The average molecular weight is 478 g/mol. The molecule has 2 heterocycles. The first-order valence-electron chi connectivity index (χ1n) is 12.3. The fourth-order valence-electron chi connectivity index (χ4n) is 4.06. The zero-order chi connectivity index (χ0) is 24.8. The third kappa shape index (κ3) is 6.22. The molecule has 0 spiro atoms. The Morgan fingerprint density at radius 3 is 2.34 bits per heavy atom. The number of ether oxygens (including phenoxy) is 2. The lowest BCUT2D eigenvalue weighted by atomic mass is 9.96. The fraction of sp³-hybridized carbons (Fsp3) is 0.429. The summed E-state index contributed by atoms with van der Waals surface area (Å²) in [5, 5.41) is 11.9. The predicted molar refractivity (Wildman–Crippen MR) is 137 cm³/mol. The van der Waals surface area contributed by atoms with E-state index in [1.54, 1.807) is 0 Å². The van der Waals surface area contributed by atoms with Crippen LogP contribution in [0, 0.1) is 0 Å². The van der Waals surface area contributed by atoms with Gasteiger partial charge in [0.05, 0.1) is 41.1 Å². The Morgan fingerprint density at radius 1 is 1.03 bits per heavy atom. The third-order valence-corrected chi connectivity index (χ3v) is 6.20. The zero-order valence-electron chi connectivity index (χ0n) is 20.8. The molecule has 0 bridgehead atoms. The molecular weight excluding hydrogens is 442 g/mol. The quantitative estimate of drug-likeness (QED) is 0.440. The molecular formula is C28H35N3O4. The van der Waals surface area contributed by atoms with Gasteiger partial charge in [0.1, 0.15) is 5.75 Å². The number of carbonyl (C=O) groups is 1. The maximum Gasteiger partial charge on any atom is 0.290 e. The SMILES string of the molecule is CC(C)(C)OCc1cc(-c2cccc(OC3CCC3)c2)n(-c2ccccc2N2CCC2)n1.O=CO. The molecule has 0 unspecified atom stereocenters. The van der Waals surface area contributed by atoms with Gasteiger partial charge in [0.15, 0.2) is 0 Å². The molecule has 1 N–H and O–H groups in total. The lowest BCUT2D eigenvalue weighted by Gasteiger charge is -2.34. The smallest absolute Gasteiger partial charge is 0.290 e. The largest absolute Gasteiger partial charge is 0.490 e. The fourth-order valence-corrected chi connectivity index (χ4v) is 4.06. The molecule has 1 saturated heterocycles. The van der Waals surface area contributed by atoms with Gasteiger partial charge in [0.25, 0.3) is 6.47 Å². The maximum absolute atomic E-state index is 8.36. The Morgan fingerprint density at radius 2 is 1.74 bits per heavy atom. The summed E-state index contributed by atoms with van der Waals surface area (Å²) in [6, 6.07) is 19.1. The standard InChI is InChI=1S/C27H33N3O2.CH2O2/c1-27(2,3)31-19-21-18-26(20-9-6-12-23(17-20)32-22-10-7-11-22)30(28-21)25-14-5-4-13-24(25)29-15-8-16-29;2-1-3/h4-6,9,12-14,17-18,22H,7-8,10-11,15-16,19H2,1-3H3;1H,(H,2,3). The summed E-state index contributed by atoms with van der Waals surface area (Å²) in [4.78, 5) is 10.8. The molecule has 0 amide bonds. The van der Waals surface area contributed by atoms with Gasteiger partial charge in [-0.15, -0.1) is 0 Å². The van der Waals surface area contributed by atoms with E-state index in [2.05, 4.69) is 85.0 Å². The van der Waals surface area contributed by atoms with Crippen LogP contribution in [-0.4, -0.2) is 46.2 Å². The van der Waals surface area contributed by atoms with Crippen molar-refractivity contribution in [2.75, 3.05) is 18.0 Å². The summed E-state index contributed by atoms with van der Waals surface area (Å²) in [6.45, 7) is 8.65. The van der Waals surface area contributed by atoms with E-state index in [9.17, 15) is 0 Å². The number of hydrogen-bond acceptors (Lipinski definition) is 5. The van der Waals surface area contributed by atoms with Gasteiger partial charge in [-0.05, 0) is 76.8 Å². The van der Waals surface area contributed by atoms with Crippen molar-refractivity contribution in [3.8, 4) is 22.7 Å². The predicted octanol–water partition coefficient (Wildman–Crippen LogP) is 5.70. The molecule has 7 heteroatoms. The molecule has 0 atom stereocenters. The van der Waals surface area contributed by atoms with E-state index in [0.29, 0.717) is 12.7 Å². The molecule has 2 aromatic carbocycles. The van der Waals surface area contributed by atoms with E-state index >= 15 is 0 Å². The third-order valence-electron chi connectivity index (χ3n) is 6.20. The molecule has 2 aliphatic rings. The number of nitrogens with zero attached hydrogens (tertiary/aromatic N) is 3. The molecule has 2 fully saturated rings. The summed E-state index contributed by atoms with van der Waals surface area (Å²) in [7, 11) is 0. The van der Waals surface area contributed by atoms with E-state index < -0.39 is 0 Å². The Hall–Kier alpha value is -3.32. The number of carboxylic acid groups (broad SMARTS) is 1. The second kappa shape index (κ2) is 11.0. The summed E-state index contributed by atoms with van der Waals surface area (Å²) in [6.07, 6.45) is 5.17. The second-order valence-electron chi connectivity index (χ2n) is 9.97. The topological polar surface area (TPSA) is 76.8 Å². The first-order chi connectivity index (χ1) is 16.9. The van der Waals surface area contributed by atoms with Gasteiger partial charge in [-0.3, -0.25) is 4.79 Å². The highest BCUT2D eigenvalue weighted by Crippen LogP contribution is 2.34. The average Bonchev–Trinajstić information content (AvgIpc) is 3.19. The van der Waals surface area contributed by atoms with Crippen LogP contribution in [0.15, 0.2) is 54.6 Å². The van der Waals surface area contributed by atoms with Crippen LogP contribution in [0.2, 0.25) is 0 Å². The van der Waals surface area contributed by atoms with E-state index in [-0.39, 0.29) is 12.1 Å². The van der Waals surface area contributed by atoms with Crippen LogP contribution in [0.25, 0.3) is 16.9 Å². The summed E-state index contributed by atoms with van der Waals surface area (Å²) >= 11 is 0. The molecule has 1 aliphatic heterocycles. The van der Waals surface area contributed by atoms with Gasteiger partial charge in [-0.2, -0.15) is 5.10 Å². The molecule has 1 aromatic heterocycles. The van der Waals surface area contributed by atoms with E-state index in [4.69, 9.17) is 24.5 Å². The van der Waals surface area contributed by atoms with Gasteiger partial charge < -0.3 is 19.5 Å². The van der Waals surface area contributed by atoms with Gasteiger partial charge >= 0.3 is 0 Å². The Balaban J connectivity index is 0.000000917. The van der Waals surface area contributed by atoms with E-state index in [1.165, 1.54) is 18.5 Å². The maximum atomic E-state index is 8.36. The van der Waals surface area contributed by atoms with Crippen molar-refractivity contribution < 1.29 is 19.4 Å². The minimum absolute atomic E-state index is 0.212. The highest BCUT2D eigenvalue weighted by Gasteiger charge is 2.23. The molecule has 1 saturated carbocycles. The normalized spacial score (nSPS) is 15.5. The van der Waals surface area contributed by atoms with E-state index in [0.717, 1.165) is 54.3 Å². The van der Waals surface area contributed by atoms with Crippen molar-refractivity contribution in [2.45, 2.75) is 64.8 Å². The van der Waals surface area contributed by atoms with Crippen LogP contribution in [0.1, 0.15) is 52.1 Å². The first-order valence-corrected chi connectivity index (χ1v) is 12.3. The van der Waals surface area contributed by atoms with Gasteiger partial charge in [-0.1, -0.05) is 24.3 Å². The van der Waals surface area contributed by atoms with Crippen molar-refractivity contribution in [2.24, 2.45) is 0 Å². The van der Waals surface area contributed by atoms with Crippen molar-refractivity contribution in [3.63, 3.8) is 0 Å². The number of anilines is 1. The van der Waals surface area contributed by atoms with Crippen LogP contribution in [0.3, 0.4) is 0 Å². The molecule has 186 valence electrons. The summed E-state index contributed by atoms with van der Waals surface area (Å²) < 4.78 is 14.3. The molecule has 3 aromatic rings. The minimum Gasteiger partial charge on any atom is -0.490 e. The lowest BCUT2D eigenvalue weighted by molar-refractivity contribution is -0.122.